The van der Waals surface area contributed by atoms with Crippen molar-refractivity contribution in [2.45, 2.75) is 11.8 Å². The van der Waals surface area contributed by atoms with Crippen molar-refractivity contribution < 1.29 is 9.47 Å². The van der Waals surface area contributed by atoms with Gasteiger partial charge in [0.25, 0.3) is 0 Å². The molecule has 3 heteroatoms. The minimum absolute atomic E-state index is 0.313. The SMILES string of the molecule is Cc1ccc(S)c2c1OCO2. The van der Waals surface area contributed by atoms with E-state index >= 15 is 0 Å². The Labute approximate surface area is 70.5 Å². The van der Waals surface area contributed by atoms with Crippen LogP contribution in [0.25, 0.3) is 0 Å². The van der Waals surface area contributed by atoms with Gasteiger partial charge in [0.05, 0.1) is 4.90 Å². The third kappa shape index (κ3) is 0.959. The van der Waals surface area contributed by atoms with Crippen LogP contribution in [0.1, 0.15) is 5.56 Å². The molecule has 0 unspecified atom stereocenters. The summed E-state index contributed by atoms with van der Waals surface area (Å²) in [6, 6.07) is 3.88. The van der Waals surface area contributed by atoms with E-state index in [4.69, 9.17) is 9.47 Å². The molecule has 0 saturated carbocycles. The number of fused-ring (bicyclic) bond motifs is 1. The maximum Gasteiger partial charge on any atom is 0.231 e. The molecule has 0 aliphatic carbocycles. The second-order valence-corrected chi connectivity index (χ2v) is 2.95. The molecule has 0 N–H and O–H groups in total. The van der Waals surface area contributed by atoms with Gasteiger partial charge in [0.2, 0.25) is 6.79 Å². The zero-order valence-corrected chi connectivity index (χ0v) is 7.02. The Morgan fingerprint density at radius 1 is 1.27 bits per heavy atom. The Kier molecular flexibility index (Phi) is 1.46. The zero-order valence-electron chi connectivity index (χ0n) is 6.13. The van der Waals surface area contributed by atoms with Crippen LogP contribution in [0.4, 0.5) is 0 Å². The van der Waals surface area contributed by atoms with Crippen molar-refractivity contribution in [1.82, 2.24) is 0 Å². The lowest BCUT2D eigenvalue weighted by molar-refractivity contribution is 0.171. The van der Waals surface area contributed by atoms with Gasteiger partial charge in [-0.25, -0.2) is 0 Å². The number of benzene rings is 1. The van der Waals surface area contributed by atoms with Gasteiger partial charge >= 0.3 is 0 Å². The van der Waals surface area contributed by atoms with Gasteiger partial charge in [-0.1, -0.05) is 6.07 Å². The van der Waals surface area contributed by atoms with Crippen LogP contribution in [0.5, 0.6) is 11.5 Å². The van der Waals surface area contributed by atoms with Gasteiger partial charge in [0, 0.05) is 0 Å². The highest BCUT2D eigenvalue weighted by molar-refractivity contribution is 7.80. The summed E-state index contributed by atoms with van der Waals surface area (Å²) in [6.07, 6.45) is 0. The van der Waals surface area contributed by atoms with Crippen LogP contribution in [-0.2, 0) is 0 Å². The van der Waals surface area contributed by atoms with E-state index in [2.05, 4.69) is 12.6 Å². The van der Waals surface area contributed by atoms with Gasteiger partial charge in [-0.2, -0.15) is 0 Å². The molecule has 58 valence electrons. The van der Waals surface area contributed by atoms with Gasteiger partial charge in [0.1, 0.15) is 0 Å². The van der Waals surface area contributed by atoms with Gasteiger partial charge in [0.15, 0.2) is 11.5 Å². The number of hydrogen-bond acceptors (Lipinski definition) is 3. The summed E-state index contributed by atoms with van der Waals surface area (Å²) in [6.45, 7) is 2.30. The van der Waals surface area contributed by atoms with E-state index < -0.39 is 0 Å². The lowest BCUT2D eigenvalue weighted by Crippen LogP contribution is -1.93. The van der Waals surface area contributed by atoms with Crippen LogP contribution in [-0.4, -0.2) is 6.79 Å². The van der Waals surface area contributed by atoms with Gasteiger partial charge < -0.3 is 9.47 Å². The standard InChI is InChI=1S/C8H8O2S/c1-5-2-3-6(11)8-7(5)9-4-10-8/h2-3,11H,4H2,1H3. The van der Waals surface area contributed by atoms with Crippen molar-refractivity contribution in [1.29, 1.82) is 0 Å². The van der Waals surface area contributed by atoms with Gasteiger partial charge in [-0.05, 0) is 18.6 Å². The normalized spacial score (nSPS) is 13.6. The largest absolute Gasteiger partial charge is 0.453 e. The lowest BCUT2D eigenvalue weighted by atomic mass is 10.2. The second kappa shape index (κ2) is 2.34. The van der Waals surface area contributed by atoms with Crippen molar-refractivity contribution in [3.05, 3.63) is 17.7 Å². The Hall–Kier alpha value is -0.830. The third-order valence-corrected chi connectivity index (χ3v) is 2.05. The molecule has 1 aliphatic rings. The molecule has 0 spiro atoms. The minimum atomic E-state index is 0.313. The molecule has 0 atom stereocenters. The van der Waals surface area contributed by atoms with Gasteiger partial charge in [-0.15, -0.1) is 12.6 Å². The van der Waals surface area contributed by atoms with Crippen molar-refractivity contribution in [2.75, 3.05) is 6.79 Å². The van der Waals surface area contributed by atoms with Crippen molar-refractivity contribution in [3.63, 3.8) is 0 Å². The summed E-state index contributed by atoms with van der Waals surface area (Å²) in [4.78, 5) is 0.836. The highest BCUT2D eigenvalue weighted by Gasteiger charge is 2.17. The fraction of sp³-hybridized carbons (Fsp3) is 0.250. The number of hydrogen-bond donors (Lipinski definition) is 1. The third-order valence-electron chi connectivity index (χ3n) is 1.69. The number of aryl methyl sites for hydroxylation is 1. The summed E-state index contributed by atoms with van der Waals surface area (Å²) >= 11 is 4.23. The highest BCUT2D eigenvalue weighted by atomic mass is 32.1. The average molecular weight is 168 g/mol. The van der Waals surface area contributed by atoms with Crippen molar-refractivity contribution in [2.24, 2.45) is 0 Å². The molecule has 1 heterocycles. The summed E-state index contributed by atoms with van der Waals surface area (Å²) in [7, 11) is 0. The zero-order chi connectivity index (χ0) is 7.84. The molecular weight excluding hydrogens is 160 g/mol. The molecule has 1 aliphatic heterocycles. The number of thiol groups is 1. The van der Waals surface area contributed by atoms with Crippen LogP contribution in [0.15, 0.2) is 17.0 Å². The Morgan fingerprint density at radius 2 is 2.00 bits per heavy atom. The predicted molar refractivity (Wildman–Crippen MR) is 44.6 cm³/mol. The van der Waals surface area contributed by atoms with Crippen LogP contribution < -0.4 is 9.47 Å². The summed E-state index contributed by atoms with van der Waals surface area (Å²) in [5.41, 5.74) is 1.09. The molecular formula is C8H8O2S. The van der Waals surface area contributed by atoms with E-state index in [1.54, 1.807) is 0 Å². The maximum absolute atomic E-state index is 5.24. The molecule has 2 nitrogen and oxygen atoms in total. The van der Waals surface area contributed by atoms with Crippen LogP contribution >= 0.6 is 12.6 Å². The molecule has 0 amide bonds. The smallest absolute Gasteiger partial charge is 0.231 e. The van der Waals surface area contributed by atoms with E-state index in [9.17, 15) is 0 Å². The molecule has 1 aromatic rings. The molecule has 0 saturated heterocycles. The first kappa shape index (κ1) is 6.85. The lowest BCUT2D eigenvalue weighted by Gasteiger charge is -2.01. The molecule has 0 bridgehead atoms. The summed E-state index contributed by atoms with van der Waals surface area (Å²) < 4.78 is 10.5. The number of ether oxygens (including phenoxy) is 2. The first-order chi connectivity index (χ1) is 5.29. The molecule has 2 rings (SSSR count). The monoisotopic (exact) mass is 168 g/mol. The van der Waals surface area contributed by atoms with E-state index in [1.807, 2.05) is 19.1 Å². The number of rotatable bonds is 0. The van der Waals surface area contributed by atoms with E-state index in [0.29, 0.717) is 6.79 Å². The topological polar surface area (TPSA) is 18.5 Å². The molecule has 0 fully saturated rings. The highest BCUT2D eigenvalue weighted by Crippen LogP contribution is 2.39. The fourth-order valence-electron chi connectivity index (χ4n) is 1.12. The molecule has 0 radical (unpaired) electrons. The molecule has 1 aromatic carbocycles. The molecule has 11 heavy (non-hydrogen) atoms. The molecule has 0 aromatic heterocycles. The average Bonchev–Trinajstić information content (AvgIpc) is 2.45. The minimum Gasteiger partial charge on any atom is -0.453 e. The van der Waals surface area contributed by atoms with E-state index in [-0.39, 0.29) is 0 Å². The van der Waals surface area contributed by atoms with E-state index in [0.717, 1.165) is 22.0 Å². The van der Waals surface area contributed by atoms with E-state index in [1.165, 1.54) is 0 Å². The predicted octanol–water partition coefficient (Wildman–Crippen LogP) is 2.01. The maximum atomic E-state index is 5.24. The van der Waals surface area contributed by atoms with Gasteiger partial charge in [-0.3, -0.25) is 0 Å². The summed E-state index contributed by atoms with van der Waals surface area (Å²) in [5.74, 6) is 1.60. The van der Waals surface area contributed by atoms with Crippen LogP contribution in [0.2, 0.25) is 0 Å². The Balaban J connectivity index is 2.64. The first-order valence-corrected chi connectivity index (χ1v) is 3.82. The second-order valence-electron chi connectivity index (χ2n) is 2.47. The Morgan fingerprint density at radius 3 is 2.73 bits per heavy atom. The van der Waals surface area contributed by atoms with Crippen molar-refractivity contribution in [3.8, 4) is 11.5 Å². The van der Waals surface area contributed by atoms with Crippen LogP contribution in [0.3, 0.4) is 0 Å². The first-order valence-electron chi connectivity index (χ1n) is 3.37. The summed E-state index contributed by atoms with van der Waals surface area (Å²) in [5, 5.41) is 0. The fourth-order valence-corrected chi connectivity index (χ4v) is 1.36. The van der Waals surface area contributed by atoms with Crippen molar-refractivity contribution >= 4 is 12.6 Å². The quantitative estimate of drug-likeness (QED) is 0.597. The van der Waals surface area contributed by atoms with Crippen LogP contribution in [0, 0.1) is 6.92 Å². The Bertz CT molecular complexity index is 267.